The predicted molar refractivity (Wildman–Crippen MR) is 129 cm³/mol. The van der Waals surface area contributed by atoms with E-state index < -0.39 is 14.3 Å². The summed E-state index contributed by atoms with van der Waals surface area (Å²) in [6.07, 6.45) is 17.5. The molecule has 172 valence electrons. The Labute approximate surface area is 182 Å². The zero-order valence-electron chi connectivity index (χ0n) is 20.4. The maximum atomic E-state index is 11.4. The standard InChI is InChI=1S/C25H50O3Si/c1-8-9-10-11-12-13-14-15-16-17-18-19-20-21-23(22(2)24(26)27)28-29(6,7)25(3,4)5/h23H,2,8-21H2,1,3-7H3,(H,26,27)/t23-/m1/s1. The Morgan fingerprint density at radius 1 is 0.862 bits per heavy atom. The summed E-state index contributed by atoms with van der Waals surface area (Å²) < 4.78 is 6.39. The van der Waals surface area contributed by atoms with Gasteiger partial charge in [-0.15, -0.1) is 0 Å². The van der Waals surface area contributed by atoms with Crippen molar-refractivity contribution < 1.29 is 14.3 Å². The Bertz CT molecular complexity index is 451. The minimum Gasteiger partial charge on any atom is -0.478 e. The molecule has 0 bridgehead atoms. The van der Waals surface area contributed by atoms with Gasteiger partial charge in [0.2, 0.25) is 0 Å². The molecule has 0 unspecified atom stereocenters. The number of rotatable bonds is 18. The normalized spacial score (nSPS) is 13.4. The Morgan fingerprint density at radius 2 is 1.24 bits per heavy atom. The molecule has 1 atom stereocenters. The monoisotopic (exact) mass is 426 g/mol. The Morgan fingerprint density at radius 3 is 1.59 bits per heavy atom. The first-order valence-electron chi connectivity index (χ1n) is 12.1. The van der Waals surface area contributed by atoms with E-state index in [1.807, 2.05) is 0 Å². The number of hydrogen-bond donors (Lipinski definition) is 1. The van der Waals surface area contributed by atoms with Crippen LogP contribution < -0.4 is 0 Å². The van der Waals surface area contributed by atoms with Gasteiger partial charge in [0.05, 0.1) is 11.7 Å². The summed E-state index contributed by atoms with van der Waals surface area (Å²) in [4.78, 5) is 11.4. The van der Waals surface area contributed by atoms with Gasteiger partial charge in [-0.25, -0.2) is 4.79 Å². The maximum Gasteiger partial charge on any atom is 0.333 e. The van der Waals surface area contributed by atoms with Crippen molar-refractivity contribution in [2.75, 3.05) is 0 Å². The first kappa shape index (κ1) is 28.4. The highest BCUT2D eigenvalue weighted by Gasteiger charge is 2.40. The fraction of sp³-hybridized carbons (Fsp3) is 0.880. The summed E-state index contributed by atoms with van der Waals surface area (Å²) in [6, 6.07) is 0. The molecule has 3 nitrogen and oxygen atoms in total. The molecular formula is C25H50O3Si. The molecule has 4 heteroatoms. The van der Waals surface area contributed by atoms with Crippen molar-refractivity contribution in [1.82, 2.24) is 0 Å². The molecule has 0 saturated carbocycles. The van der Waals surface area contributed by atoms with Crippen molar-refractivity contribution in [3.63, 3.8) is 0 Å². The first-order chi connectivity index (χ1) is 13.5. The number of carbonyl (C=O) groups is 1. The van der Waals surface area contributed by atoms with Gasteiger partial charge >= 0.3 is 5.97 Å². The van der Waals surface area contributed by atoms with Crippen molar-refractivity contribution >= 4 is 14.3 Å². The largest absolute Gasteiger partial charge is 0.478 e. The van der Waals surface area contributed by atoms with Crippen LogP contribution >= 0.6 is 0 Å². The third kappa shape index (κ3) is 13.3. The van der Waals surface area contributed by atoms with Gasteiger partial charge in [0.25, 0.3) is 0 Å². The molecular weight excluding hydrogens is 376 g/mol. The zero-order chi connectivity index (χ0) is 22.3. The van der Waals surface area contributed by atoms with E-state index in [0.29, 0.717) is 0 Å². The number of aliphatic carboxylic acids is 1. The van der Waals surface area contributed by atoms with E-state index in [2.05, 4.69) is 47.4 Å². The van der Waals surface area contributed by atoms with Crippen LogP contribution in [0.4, 0.5) is 0 Å². The minimum atomic E-state index is -2.01. The van der Waals surface area contributed by atoms with Crippen LogP contribution in [0.2, 0.25) is 18.1 Å². The number of carboxylic acid groups (broad SMARTS) is 1. The van der Waals surface area contributed by atoms with E-state index in [4.69, 9.17) is 4.43 Å². The Balaban J connectivity index is 4.01. The van der Waals surface area contributed by atoms with Gasteiger partial charge in [-0.2, -0.15) is 0 Å². The van der Waals surface area contributed by atoms with E-state index in [0.717, 1.165) is 19.3 Å². The van der Waals surface area contributed by atoms with Crippen LogP contribution in [-0.2, 0) is 9.22 Å². The second kappa shape index (κ2) is 15.2. The molecule has 1 N–H and O–H groups in total. The molecule has 0 aromatic carbocycles. The van der Waals surface area contributed by atoms with Gasteiger partial charge in [-0.3, -0.25) is 0 Å². The highest BCUT2D eigenvalue weighted by atomic mass is 28.4. The third-order valence-corrected chi connectivity index (χ3v) is 11.0. The van der Waals surface area contributed by atoms with Crippen LogP contribution in [0.15, 0.2) is 12.2 Å². The lowest BCUT2D eigenvalue weighted by Crippen LogP contribution is -2.45. The second-order valence-electron chi connectivity index (χ2n) is 10.2. The van der Waals surface area contributed by atoms with Crippen molar-refractivity contribution in [1.29, 1.82) is 0 Å². The minimum absolute atomic E-state index is 0.0695. The molecule has 0 aliphatic heterocycles. The van der Waals surface area contributed by atoms with Gasteiger partial charge in [0.1, 0.15) is 0 Å². The number of hydrogen-bond acceptors (Lipinski definition) is 2. The number of unbranched alkanes of at least 4 members (excludes halogenated alkanes) is 12. The van der Waals surface area contributed by atoms with Crippen LogP contribution in [0.3, 0.4) is 0 Å². The van der Waals surface area contributed by atoms with Crippen LogP contribution in [0, 0.1) is 0 Å². The topological polar surface area (TPSA) is 46.5 Å². The molecule has 0 spiro atoms. The van der Waals surface area contributed by atoms with E-state index in [9.17, 15) is 9.90 Å². The predicted octanol–water partition coefficient (Wildman–Crippen LogP) is 8.50. The van der Waals surface area contributed by atoms with Crippen molar-refractivity contribution in [3.8, 4) is 0 Å². The summed E-state index contributed by atoms with van der Waals surface area (Å²) in [5.74, 6) is -0.927. The fourth-order valence-corrected chi connectivity index (χ4v) is 4.65. The number of carboxylic acids is 1. The summed E-state index contributed by atoms with van der Waals surface area (Å²) in [6.45, 7) is 17.0. The molecule has 0 radical (unpaired) electrons. The van der Waals surface area contributed by atoms with Crippen molar-refractivity contribution in [2.45, 2.75) is 142 Å². The van der Waals surface area contributed by atoms with Gasteiger partial charge < -0.3 is 9.53 Å². The van der Waals surface area contributed by atoms with E-state index >= 15 is 0 Å². The van der Waals surface area contributed by atoms with Crippen LogP contribution in [-0.4, -0.2) is 25.5 Å². The van der Waals surface area contributed by atoms with Gasteiger partial charge in [0, 0.05) is 0 Å². The lowest BCUT2D eigenvalue weighted by atomic mass is 10.0. The first-order valence-corrected chi connectivity index (χ1v) is 15.0. The molecule has 0 amide bonds. The molecule has 29 heavy (non-hydrogen) atoms. The Kier molecular flexibility index (Phi) is 14.9. The average molecular weight is 427 g/mol. The van der Waals surface area contributed by atoms with Gasteiger partial charge in [-0.1, -0.05) is 118 Å². The molecule has 0 aliphatic rings. The van der Waals surface area contributed by atoms with Crippen LogP contribution in [0.1, 0.15) is 118 Å². The quantitative estimate of drug-likeness (QED) is 0.136. The maximum absolute atomic E-state index is 11.4. The Hall–Kier alpha value is -0.613. The highest BCUT2D eigenvalue weighted by Crippen LogP contribution is 2.38. The van der Waals surface area contributed by atoms with Crippen LogP contribution in [0.25, 0.3) is 0 Å². The van der Waals surface area contributed by atoms with Crippen molar-refractivity contribution in [3.05, 3.63) is 12.2 Å². The van der Waals surface area contributed by atoms with Crippen molar-refractivity contribution in [2.24, 2.45) is 0 Å². The third-order valence-electron chi connectivity index (χ3n) is 6.48. The van der Waals surface area contributed by atoms with Gasteiger partial charge in [-0.05, 0) is 24.6 Å². The lowest BCUT2D eigenvalue weighted by Gasteiger charge is -2.39. The summed E-state index contributed by atoms with van der Waals surface area (Å²) in [7, 11) is -2.01. The van der Waals surface area contributed by atoms with Gasteiger partial charge in [0.15, 0.2) is 8.32 Å². The van der Waals surface area contributed by atoms with E-state index in [-0.39, 0.29) is 16.7 Å². The second-order valence-corrected chi connectivity index (χ2v) is 15.0. The highest BCUT2D eigenvalue weighted by molar-refractivity contribution is 6.74. The molecule has 0 fully saturated rings. The summed E-state index contributed by atoms with van der Waals surface area (Å²) in [5.41, 5.74) is 0.216. The van der Waals surface area contributed by atoms with Crippen LogP contribution in [0.5, 0.6) is 0 Å². The molecule has 0 aliphatic carbocycles. The van der Waals surface area contributed by atoms with E-state index in [1.54, 1.807) is 0 Å². The summed E-state index contributed by atoms with van der Waals surface area (Å²) >= 11 is 0. The zero-order valence-corrected chi connectivity index (χ0v) is 21.4. The lowest BCUT2D eigenvalue weighted by molar-refractivity contribution is -0.133. The van der Waals surface area contributed by atoms with E-state index in [1.165, 1.54) is 70.6 Å². The smallest absolute Gasteiger partial charge is 0.333 e. The molecule has 0 heterocycles. The SMILES string of the molecule is C=C(C(=O)O)[C@@H](CCCCCCCCCCCCCCC)O[Si](C)(C)C(C)(C)C. The fourth-order valence-electron chi connectivity index (χ4n) is 3.32. The molecule has 0 rings (SSSR count). The molecule has 0 aromatic heterocycles. The summed E-state index contributed by atoms with van der Waals surface area (Å²) in [5, 5.41) is 9.46. The average Bonchev–Trinajstić information content (AvgIpc) is 2.62. The molecule has 0 saturated heterocycles. The molecule has 0 aromatic rings.